The first-order chi connectivity index (χ1) is 23.8. The number of fused-ring (bicyclic) bond motifs is 6. The Kier molecular flexibility index (Phi) is 6.37. The summed E-state index contributed by atoms with van der Waals surface area (Å²) in [5.41, 5.74) is 13.8. The predicted octanol–water partition coefficient (Wildman–Crippen LogP) is 9.79. The minimum Gasteiger partial charge on any atom is -0.295 e. The minimum atomic E-state index is -0.152. The molecule has 0 atom stereocenters. The van der Waals surface area contributed by atoms with Crippen LogP contribution in [0.3, 0.4) is 0 Å². The van der Waals surface area contributed by atoms with E-state index in [1.54, 1.807) is 9.13 Å². The van der Waals surface area contributed by atoms with Gasteiger partial charge in [-0.05, 0) is 74.5 Å². The molecule has 2 heterocycles. The van der Waals surface area contributed by atoms with Gasteiger partial charge in [0.05, 0.1) is 22.4 Å². The topological polar surface area (TPSA) is 52.7 Å². The second-order valence-corrected chi connectivity index (χ2v) is 13.6. The van der Waals surface area contributed by atoms with Crippen LogP contribution in [0.5, 0.6) is 0 Å². The van der Waals surface area contributed by atoms with E-state index < -0.39 is 0 Å². The molecule has 5 heteroatoms. The molecule has 0 fully saturated rings. The second kappa shape index (κ2) is 10.7. The lowest BCUT2D eigenvalue weighted by Crippen LogP contribution is -2.19. The highest BCUT2D eigenvalue weighted by atomic mass is 16.1. The highest BCUT2D eigenvalue weighted by Gasteiger charge is 2.36. The van der Waals surface area contributed by atoms with Gasteiger partial charge in [0.1, 0.15) is 0 Å². The van der Waals surface area contributed by atoms with E-state index in [9.17, 15) is 4.79 Å². The van der Waals surface area contributed by atoms with Crippen molar-refractivity contribution < 1.29 is 0 Å². The molecule has 0 spiro atoms. The Hall–Kier alpha value is -6.07. The third-order valence-corrected chi connectivity index (χ3v) is 10.4. The van der Waals surface area contributed by atoms with Crippen molar-refractivity contribution in [3.63, 3.8) is 0 Å². The van der Waals surface area contributed by atoms with Crippen LogP contribution in [0.1, 0.15) is 25.0 Å². The lowest BCUT2D eigenvalue weighted by molar-refractivity contribution is 0.661. The van der Waals surface area contributed by atoms with Crippen molar-refractivity contribution in [2.75, 3.05) is 0 Å². The zero-order valence-electron chi connectivity index (χ0n) is 27.9. The SMILES string of the molecule is Cn1c(=O)n(C)c2cc(-c3cccc(-c4cc(-c5ccc6c(c5)C(C)(C)c5ccc7ccccc7c5-6)nc(-c5ccccc5)n4)c3)ccc21. The molecule has 0 N–H and O–H groups in total. The Bertz CT molecular complexity index is 2680. The van der Waals surface area contributed by atoms with Crippen LogP contribution >= 0.6 is 0 Å². The van der Waals surface area contributed by atoms with Crippen LogP contribution < -0.4 is 5.69 Å². The van der Waals surface area contributed by atoms with Crippen molar-refractivity contribution in [1.82, 2.24) is 19.1 Å². The van der Waals surface area contributed by atoms with Crippen molar-refractivity contribution in [3.05, 3.63) is 155 Å². The summed E-state index contributed by atoms with van der Waals surface area (Å²) in [7, 11) is 3.63. The lowest BCUT2D eigenvalue weighted by Gasteiger charge is -2.22. The zero-order valence-corrected chi connectivity index (χ0v) is 27.9. The fraction of sp³-hybridized carbons (Fsp3) is 0.114. The van der Waals surface area contributed by atoms with Gasteiger partial charge >= 0.3 is 5.69 Å². The highest BCUT2D eigenvalue weighted by Crippen LogP contribution is 2.52. The molecule has 9 rings (SSSR count). The van der Waals surface area contributed by atoms with Gasteiger partial charge in [-0.15, -0.1) is 0 Å². The van der Waals surface area contributed by atoms with E-state index in [4.69, 9.17) is 9.97 Å². The Morgan fingerprint density at radius 2 is 1.18 bits per heavy atom. The van der Waals surface area contributed by atoms with Gasteiger partial charge in [-0.25, -0.2) is 14.8 Å². The molecule has 0 bridgehead atoms. The van der Waals surface area contributed by atoms with Crippen LogP contribution in [0.15, 0.2) is 138 Å². The second-order valence-electron chi connectivity index (χ2n) is 13.6. The zero-order chi connectivity index (χ0) is 33.4. The van der Waals surface area contributed by atoms with Crippen molar-refractivity contribution in [3.8, 4) is 56.2 Å². The molecule has 0 radical (unpaired) electrons. The molecular formula is C44H34N4O. The van der Waals surface area contributed by atoms with E-state index >= 15 is 0 Å². The summed E-state index contributed by atoms with van der Waals surface area (Å²) in [5, 5.41) is 2.56. The minimum absolute atomic E-state index is 0.0324. The maximum absolute atomic E-state index is 12.6. The third-order valence-electron chi connectivity index (χ3n) is 10.4. The Morgan fingerprint density at radius 3 is 2.00 bits per heavy atom. The first-order valence-corrected chi connectivity index (χ1v) is 16.7. The van der Waals surface area contributed by atoms with Crippen LogP contribution in [-0.2, 0) is 19.5 Å². The van der Waals surface area contributed by atoms with E-state index in [0.717, 1.165) is 50.2 Å². The largest absolute Gasteiger partial charge is 0.328 e. The number of aromatic nitrogens is 4. The standard InChI is InChI=1S/C44H34N4O/c1-44(2)35-21-18-27-11-8-9-16-33(27)41(35)34-20-17-32(24-36(34)44)38-26-37(45-42(46-38)28-12-6-5-7-13-28)31-15-10-14-29(23-31)30-19-22-39-40(25-30)48(4)43(49)47(39)3/h5-26H,1-4H3. The predicted molar refractivity (Wildman–Crippen MR) is 201 cm³/mol. The van der Waals surface area contributed by atoms with Crippen LogP contribution in [0.25, 0.3) is 78.0 Å². The number of rotatable bonds is 4. The van der Waals surface area contributed by atoms with E-state index in [1.807, 2.05) is 38.4 Å². The van der Waals surface area contributed by atoms with Crippen molar-refractivity contribution in [2.24, 2.45) is 14.1 Å². The fourth-order valence-corrected chi connectivity index (χ4v) is 7.67. The molecule has 1 aliphatic rings. The van der Waals surface area contributed by atoms with Crippen LogP contribution in [0, 0.1) is 0 Å². The number of aryl methyl sites for hydroxylation is 2. The van der Waals surface area contributed by atoms with Gasteiger partial charge in [0.15, 0.2) is 5.82 Å². The average Bonchev–Trinajstić information content (AvgIpc) is 3.52. The average molecular weight is 635 g/mol. The van der Waals surface area contributed by atoms with Gasteiger partial charge in [0.25, 0.3) is 0 Å². The molecule has 0 amide bonds. The van der Waals surface area contributed by atoms with E-state index in [1.165, 1.54) is 33.0 Å². The Morgan fingerprint density at radius 1 is 0.531 bits per heavy atom. The van der Waals surface area contributed by atoms with E-state index in [-0.39, 0.29) is 11.1 Å². The van der Waals surface area contributed by atoms with Crippen LogP contribution in [-0.4, -0.2) is 19.1 Å². The first kappa shape index (κ1) is 29.1. The Labute approximate surface area is 284 Å². The van der Waals surface area contributed by atoms with Crippen LogP contribution in [0.4, 0.5) is 0 Å². The maximum atomic E-state index is 12.6. The molecule has 6 aromatic carbocycles. The lowest BCUT2D eigenvalue weighted by atomic mass is 9.81. The summed E-state index contributed by atoms with van der Waals surface area (Å²) >= 11 is 0. The van der Waals surface area contributed by atoms with Crippen molar-refractivity contribution in [2.45, 2.75) is 19.3 Å². The summed E-state index contributed by atoms with van der Waals surface area (Å²) in [4.78, 5) is 22.9. The number of imidazole rings is 1. The summed E-state index contributed by atoms with van der Waals surface area (Å²) in [6.07, 6.45) is 0. The number of hydrogen-bond donors (Lipinski definition) is 0. The van der Waals surface area contributed by atoms with Crippen molar-refractivity contribution >= 4 is 21.8 Å². The number of nitrogens with zero attached hydrogens (tertiary/aromatic N) is 4. The van der Waals surface area contributed by atoms with Gasteiger partial charge < -0.3 is 0 Å². The van der Waals surface area contributed by atoms with Crippen LogP contribution in [0.2, 0.25) is 0 Å². The van der Waals surface area contributed by atoms with Gasteiger partial charge in [0, 0.05) is 36.2 Å². The molecule has 236 valence electrons. The number of hydrogen-bond acceptors (Lipinski definition) is 3. The molecule has 0 aliphatic heterocycles. The third kappa shape index (κ3) is 4.50. The van der Waals surface area contributed by atoms with Gasteiger partial charge in [-0.3, -0.25) is 9.13 Å². The molecular weight excluding hydrogens is 601 g/mol. The first-order valence-electron chi connectivity index (χ1n) is 16.7. The highest BCUT2D eigenvalue weighted by molar-refractivity contribution is 6.02. The fourth-order valence-electron chi connectivity index (χ4n) is 7.67. The quantitative estimate of drug-likeness (QED) is 0.194. The van der Waals surface area contributed by atoms with Gasteiger partial charge in [-0.1, -0.05) is 117 Å². The monoisotopic (exact) mass is 634 g/mol. The molecule has 0 unspecified atom stereocenters. The summed E-state index contributed by atoms with van der Waals surface area (Å²) in [5.74, 6) is 0.688. The van der Waals surface area contributed by atoms with Gasteiger partial charge in [-0.2, -0.15) is 0 Å². The number of benzene rings is 6. The molecule has 2 aromatic heterocycles. The maximum Gasteiger partial charge on any atom is 0.328 e. The molecule has 1 aliphatic carbocycles. The molecule has 5 nitrogen and oxygen atoms in total. The smallest absolute Gasteiger partial charge is 0.295 e. The van der Waals surface area contributed by atoms with E-state index in [0.29, 0.717) is 5.82 Å². The summed E-state index contributed by atoms with van der Waals surface area (Å²) in [6.45, 7) is 4.65. The molecule has 0 saturated heterocycles. The normalized spacial score (nSPS) is 13.1. The van der Waals surface area contributed by atoms with Gasteiger partial charge in [0.2, 0.25) is 0 Å². The Balaban J connectivity index is 1.19. The molecule has 49 heavy (non-hydrogen) atoms. The van der Waals surface area contributed by atoms with E-state index in [2.05, 4.69) is 123 Å². The summed E-state index contributed by atoms with van der Waals surface area (Å²) < 4.78 is 3.38. The van der Waals surface area contributed by atoms with Crippen molar-refractivity contribution in [1.29, 1.82) is 0 Å². The molecule has 0 saturated carbocycles. The summed E-state index contributed by atoms with van der Waals surface area (Å²) in [6, 6.07) is 47.0. The molecule has 8 aromatic rings.